The van der Waals surface area contributed by atoms with E-state index >= 15 is 0 Å². The van der Waals surface area contributed by atoms with Crippen molar-refractivity contribution in [3.8, 4) is 5.75 Å². The summed E-state index contributed by atoms with van der Waals surface area (Å²) in [6.45, 7) is 1.04. The fraction of sp³-hybridized carbons (Fsp3) is 0.296. The zero-order valence-electron chi connectivity index (χ0n) is 18.6. The lowest BCUT2D eigenvalue weighted by Crippen LogP contribution is -2.35. The molecule has 5 rings (SSSR count). The van der Waals surface area contributed by atoms with Crippen molar-refractivity contribution in [1.82, 2.24) is 9.55 Å². The average molecular weight is 497 g/mol. The van der Waals surface area contributed by atoms with E-state index < -0.39 is 0 Å². The Labute approximate surface area is 209 Å². The SMILES string of the molecule is Clc1ccc(C(Cn2ccnc2)O[C@H]2CCC[C@H](COc3cccc4ccccc34)O2)c(Cl)c1. The molecule has 1 aromatic heterocycles. The Kier molecular flexibility index (Phi) is 7.36. The topological polar surface area (TPSA) is 45.5 Å². The third-order valence-electron chi connectivity index (χ3n) is 6.05. The van der Waals surface area contributed by atoms with Gasteiger partial charge in [0.15, 0.2) is 6.29 Å². The highest BCUT2D eigenvalue weighted by atomic mass is 35.5. The van der Waals surface area contributed by atoms with E-state index in [0.29, 0.717) is 23.2 Å². The lowest BCUT2D eigenvalue weighted by molar-refractivity contribution is -0.223. The zero-order valence-corrected chi connectivity index (χ0v) is 20.2. The number of fused-ring (bicyclic) bond motifs is 1. The zero-order chi connectivity index (χ0) is 23.3. The van der Waals surface area contributed by atoms with Crippen molar-refractivity contribution in [3.63, 3.8) is 0 Å². The summed E-state index contributed by atoms with van der Waals surface area (Å²) in [6.07, 6.45) is 7.46. The normalized spacial score (nSPS) is 19.2. The van der Waals surface area contributed by atoms with Gasteiger partial charge in [0.05, 0.1) is 19.0 Å². The average Bonchev–Trinajstić information content (AvgIpc) is 3.36. The Morgan fingerprint density at radius 2 is 1.94 bits per heavy atom. The van der Waals surface area contributed by atoms with Crippen LogP contribution in [-0.4, -0.2) is 28.6 Å². The molecule has 1 saturated heterocycles. The van der Waals surface area contributed by atoms with Crippen molar-refractivity contribution in [2.75, 3.05) is 6.61 Å². The predicted molar refractivity (Wildman–Crippen MR) is 134 cm³/mol. The number of rotatable bonds is 8. The molecular formula is C27H26Cl2N2O3. The van der Waals surface area contributed by atoms with E-state index in [9.17, 15) is 0 Å². The van der Waals surface area contributed by atoms with Crippen LogP contribution in [0.25, 0.3) is 10.8 Å². The molecule has 34 heavy (non-hydrogen) atoms. The van der Waals surface area contributed by atoms with E-state index in [2.05, 4.69) is 23.2 Å². The maximum atomic E-state index is 6.53. The number of aromatic nitrogens is 2. The summed E-state index contributed by atoms with van der Waals surface area (Å²) in [6, 6.07) is 19.8. The number of halogens is 2. The molecule has 7 heteroatoms. The first-order valence-electron chi connectivity index (χ1n) is 11.5. The molecule has 0 bridgehead atoms. The van der Waals surface area contributed by atoms with Gasteiger partial charge >= 0.3 is 0 Å². The van der Waals surface area contributed by atoms with Crippen LogP contribution in [-0.2, 0) is 16.0 Å². The smallest absolute Gasteiger partial charge is 0.159 e. The van der Waals surface area contributed by atoms with Gasteiger partial charge in [-0.3, -0.25) is 0 Å². The minimum Gasteiger partial charge on any atom is -0.490 e. The lowest BCUT2D eigenvalue weighted by atomic mass is 10.1. The molecule has 0 aliphatic carbocycles. The van der Waals surface area contributed by atoms with Gasteiger partial charge in [-0.1, -0.05) is 65.7 Å². The second-order valence-corrected chi connectivity index (χ2v) is 9.30. The van der Waals surface area contributed by atoms with E-state index in [0.717, 1.165) is 41.3 Å². The van der Waals surface area contributed by atoms with E-state index in [1.165, 1.54) is 0 Å². The van der Waals surface area contributed by atoms with Crippen molar-refractivity contribution in [2.24, 2.45) is 0 Å². The van der Waals surface area contributed by atoms with E-state index in [4.69, 9.17) is 37.4 Å². The number of imidazole rings is 1. The van der Waals surface area contributed by atoms with E-state index in [1.54, 1.807) is 18.6 Å². The Morgan fingerprint density at radius 3 is 2.79 bits per heavy atom. The second-order valence-electron chi connectivity index (χ2n) is 8.46. The molecule has 0 saturated carbocycles. The number of nitrogens with zero attached hydrogens (tertiary/aromatic N) is 2. The molecule has 0 N–H and O–H groups in total. The maximum Gasteiger partial charge on any atom is 0.159 e. The molecule has 0 spiro atoms. The summed E-state index contributed by atoms with van der Waals surface area (Å²) < 4.78 is 20.9. The molecule has 1 unspecified atom stereocenters. The number of hydrogen-bond acceptors (Lipinski definition) is 4. The Bertz CT molecular complexity index is 1230. The van der Waals surface area contributed by atoms with Crippen LogP contribution in [0.1, 0.15) is 30.9 Å². The van der Waals surface area contributed by atoms with Gasteiger partial charge in [0, 0.05) is 33.4 Å². The molecule has 5 nitrogen and oxygen atoms in total. The molecule has 1 aliphatic heterocycles. The van der Waals surface area contributed by atoms with Gasteiger partial charge in [-0.05, 0) is 42.8 Å². The first-order chi connectivity index (χ1) is 16.7. The van der Waals surface area contributed by atoms with Crippen LogP contribution in [0, 0.1) is 0 Å². The van der Waals surface area contributed by atoms with Crippen molar-refractivity contribution in [2.45, 2.75) is 44.3 Å². The molecular weight excluding hydrogens is 471 g/mol. The first-order valence-corrected chi connectivity index (χ1v) is 12.2. The summed E-state index contributed by atoms with van der Waals surface area (Å²) >= 11 is 12.6. The van der Waals surface area contributed by atoms with E-state index in [1.807, 2.05) is 47.2 Å². The Morgan fingerprint density at radius 1 is 1.06 bits per heavy atom. The van der Waals surface area contributed by atoms with Crippen LogP contribution < -0.4 is 4.74 Å². The minimum absolute atomic E-state index is 0.0488. The summed E-state index contributed by atoms with van der Waals surface area (Å²) in [5, 5.41) is 3.43. The van der Waals surface area contributed by atoms with Crippen LogP contribution in [0.15, 0.2) is 79.4 Å². The van der Waals surface area contributed by atoms with Crippen LogP contribution in [0.5, 0.6) is 5.75 Å². The summed E-state index contributed by atoms with van der Waals surface area (Å²) in [4.78, 5) is 4.14. The van der Waals surface area contributed by atoms with Gasteiger partial charge in [-0.15, -0.1) is 0 Å². The van der Waals surface area contributed by atoms with Crippen molar-refractivity contribution in [1.29, 1.82) is 0 Å². The van der Waals surface area contributed by atoms with Crippen molar-refractivity contribution >= 4 is 34.0 Å². The molecule has 2 heterocycles. The third kappa shape index (κ3) is 5.56. The van der Waals surface area contributed by atoms with Crippen LogP contribution in [0.2, 0.25) is 10.0 Å². The molecule has 1 aliphatic rings. The number of hydrogen-bond donors (Lipinski definition) is 0. The summed E-state index contributed by atoms with van der Waals surface area (Å²) in [5.41, 5.74) is 0.873. The van der Waals surface area contributed by atoms with Crippen molar-refractivity contribution in [3.05, 3.63) is 95.0 Å². The second kappa shape index (κ2) is 10.8. The van der Waals surface area contributed by atoms with Gasteiger partial charge in [0.25, 0.3) is 0 Å². The highest BCUT2D eigenvalue weighted by Crippen LogP contribution is 2.33. The predicted octanol–water partition coefficient (Wildman–Crippen LogP) is 7.08. The largest absolute Gasteiger partial charge is 0.490 e. The van der Waals surface area contributed by atoms with Gasteiger partial charge in [-0.2, -0.15) is 0 Å². The van der Waals surface area contributed by atoms with Gasteiger partial charge in [0.2, 0.25) is 0 Å². The maximum absolute atomic E-state index is 6.53. The summed E-state index contributed by atoms with van der Waals surface area (Å²) in [7, 11) is 0. The molecule has 1 fully saturated rings. The molecule has 3 atom stereocenters. The molecule has 3 aromatic carbocycles. The lowest BCUT2D eigenvalue weighted by Gasteiger charge is -2.33. The first kappa shape index (κ1) is 23.2. The van der Waals surface area contributed by atoms with Crippen LogP contribution in [0.4, 0.5) is 0 Å². The highest BCUT2D eigenvalue weighted by Gasteiger charge is 2.28. The standard InChI is InChI=1S/C27H26Cl2N2O3/c28-20-11-12-23(24(29)15-20)26(16-31-14-13-30-18-31)34-27-10-4-7-21(33-27)17-32-25-9-3-6-19-5-1-2-8-22(19)25/h1-3,5-6,8-9,11-15,18,21,26-27H,4,7,10,16-17H2/t21-,26?,27+/m1/s1. The molecule has 4 aromatic rings. The van der Waals surface area contributed by atoms with Crippen LogP contribution >= 0.6 is 23.2 Å². The Balaban J connectivity index is 1.26. The van der Waals surface area contributed by atoms with Crippen LogP contribution in [0.3, 0.4) is 0 Å². The number of benzene rings is 3. The monoisotopic (exact) mass is 496 g/mol. The molecule has 0 radical (unpaired) electrons. The minimum atomic E-state index is -0.352. The fourth-order valence-corrected chi connectivity index (χ4v) is 4.87. The number of ether oxygens (including phenoxy) is 3. The van der Waals surface area contributed by atoms with Gasteiger partial charge < -0.3 is 18.8 Å². The quantitative estimate of drug-likeness (QED) is 0.261. The molecule has 176 valence electrons. The van der Waals surface area contributed by atoms with Crippen molar-refractivity contribution < 1.29 is 14.2 Å². The fourth-order valence-electron chi connectivity index (χ4n) is 4.34. The third-order valence-corrected chi connectivity index (χ3v) is 6.61. The Hall–Kier alpha value is -2.57. The highest BCUT2D eigenvalue weighted by molar-refractivity contribution is 6.35. The summed E-state index contributed by atoms with van der Waals surface area (Å²) in [5.74, 6) is 0.871. The van der Waals surface area contributed by atoms with Gasteiger partial charge in [0.1, 0.15) is 18.5 Å². The molecule has 0 amide bonds. The van der Waals surface area contributed by atoms with Gasteiger partial charge in [-0.25, -0.2) is 4.98 Å². The van der Waals surface area contributed by atoms with E-state index in [-0.39, 0.29) is 18.5 Å².